The number of rotatable bonds is 7. The van der Waals surface area contributed by atoms with Gasteiger partial charge in [0.1, 0.15) is 11.3 Å². The molecule has 8 heteroatoms. The molecule has 2 aliphatic heterocycles. The smallest absolute Gasteiger partial charge is 0.290 e. The highest BCUT2D eigenvalue weighted by molar-refractivity contribution is 6.31. The van der Waals surface area contributed by atoms with E-state index in [2.05, 4.69) is 0 Å². The Hall–Kier alpha value is -3.29. The van der Waals surface area contributed by atoms with Crippen molar-refractivity contribution in [2.75, 3.05) is 19.8 Å². The maximum atomic E-state index is 13.6. The van der Waals surface area contributed by atoms with E-state index in [4.69, 9.17) is 25.5 Å². The molecule has 2 atom stereocenters. The molecule has 2 aliphatic rings. The first-order chi connectivity index (χ1) is 16.5. The Kier molecular flexibility index (Phi) is 6.06. The monoisotopic (exact) mass is 481 g/mol. The number of aliphatic hydroxyl groups excluding tert-OH is 1. The van der Waals surface area contributed by atoms with Crippen molar-refractivity contribution in [2.45, 2.75) is 31.9 Å². The number of aliphatic hydroxyl groups is 1. The van der Waals surface area contributed by atoms with E-state index in [1.807, 2.05) is 6.92 Å². The predicted octanol–water partition coefficient (Wildman–Crippen LogP) is 5.24. The van der Waals surface area contributed by atoms with E-state index in [0.717, 1.165) is 12.8 Å². The van der Waals surface area contributed by atoms with Gasteiger partial charge >= 0.3 is 0 Å². The van der Waals surface area contributed by atoms with Crippen LogP contribution in [0.5, 0.6) is 5.75 Å². The summed E-state index contributed by atoms with van der Waals surface area (Å²) in [6.45, 7) is 3.32. The zero-order valence-corrected chi connectivity index (χ0v) is 19.4. The van der Waals surface area contributed by atoms with Gasteiger partial charge in [0.15, 0.2) is 11.5 Å². The third-order valence-electron chi connectivity index (χ3n) is 6.18. The maximum Gasteiger partial charge on any atom is 0.290 e. The van der Waals surface area contributed by atoms with Crippen LogP contribution < -0.4 is 4.74 Å². The first-order valence-corrected chi connectivity index (χ1v) is 11.7. The van der Waals surface area contributed by atoms with Crippen LogP contribution >= 0.6 is 11.6 Å². The molecule has 1 amide bonds. The van der Waals surface area contributed by atoms with Crippen molar-refractivity contribution in [2.24, 2.45) is 0 Å². The standard InChI is InChI=1S/C26H24ClNO6/c1-2-32-18-8-5-15(6-9-18)23-22(25(30)26(31)28(23)14-19-4-3-11-33-19)24(29)21-13-16-12-17(27)7-10-20(16)34-21/h5-10,12-13,19,23,30H,2-4,11,14H2,1H3. The number of carbonyl (C=O) groups is 2. The number of hydrogen-bond acceptors (Lipinski definition) is 6. The summed E-state index contributed by atoms with van der Waals surface area (Å²) in [5.41, 5.74) is 1.16. The molecule has 1 aromatic heterocycles. The second-order valence-electron chi connectivity index (χ2n) is 8.38. The largest absolute Gasteiger partial charge is 0.503 e. The zero-order valence-electron chi connectivity index (χ0n) is 18.6. The predicted molar refractivity (Wildman–Crippen MR) is 126 cm³/mol. The summed E-state index contributed by atoms with van der Waals surface area (Å²) in [4.78, 5) is 28.3. The Balaban J connectivity index is 1.55. The number of amides is 1. The molecular formula is C26H24ClNO6. The Morgan fingerprint density at radius 3 is 2.71 bits per heavy atom. The van der Waals surface area contributed by atoms with Crippen LogP contribution in [0, 0.1) is 0 Å². The third kappa shape index (κ3) is 4.06. The van der Waals surface area contributed by atoms with Crippen LogP contribution in [-0.2, 0) is 9.53 Å². The molecule has 2 aromatic carbocycles. The molecular weight excluding hydrogens is 458 g/mol. The molecule has 1 fully saturated rings. The molecule has 7 nitrogen and oxygen atoms in total. The van der Waals surface area contributed by atoms with E-state index in [9.17, 15) is 14.7 Å². The first kappa shape index (κ1) is 22.5. The normalized spacial score (nSPS) is 20.5. The molecule has 0 spiro atoms. The lowest BCUT2D eigenvalue weighted by molar-refractivity contribution is -0.131. The molecule has 5 rings (SSSR count). The highest BCUT2D eigenvalue weighted by Gasteiger charge is 2.45. The van der Waals surface area contributed by atoms with Crippen LogP contribution in [0.1, 0.15) is 41.9 Å². The minimum atomic E-state index is -0.781. The second-order valence-corrected chi connectivity index (χ2v) is 8.82. The van der Waals surface area contributed by atoms with Crippen molar-refractivity contribution in [1.29, 1.82) is 0 Å². The van der Waals surface area contributed by atoms with Gasteiger partial charge in [-0.15, -0.1) is 0 Å². The minimum absolute atomic E-state index is 0.0164. The van der Waals surface area contributed by atoms with E-state index < -0.39 is 23.5 Å². The molecule has 0 aliphatic carbocycles. The van der Waals surface area contributed by atoms with Crippen LogP contribution in [0.15, 0.2) is 64.3 Å². The number of furan rings is 1. The van der Waals surface area contributed by atoms with Crippen LogP contribution in [0.25, 0.3) is 11.0 Å². The fraction of sp³-hybridized carbons (Fsp3) is 0.308. The SMILES string of the molecule is CCOc1ccc(C2C(C(=O)c3cc4cc(Cl)ccc4o3)=C(O)C(=O)N2CC2CCCO2)cc1. The molecule has 0 radical (unpaired) electrons. The topological polar surface area (TPSA) is 89.2 Å². The van der Waals surface area contributed by atoms with Gasteiger partial charge in [0, 0.05) is 23.6 Å². The molecule has 1 N–H and O–H groups in total. The summed E-state index contributed by atoms with van der Waals surface area (Å²) in [7, 11) is 0. The lowest BCUT2D eigenvalue weighted by atomic mass is 9.94. The number of fused-ring (bicyclic) bond motifs is 1. The third-order valence-corrected chi connectivity index (χ3v) is 6.42. The molecule has 176 valence electrons. The number of Topliss-reactive ketones (excluding diaryl/α,β-unsaturated/α-hetero) is 1. The molecule has 2 unspecified atom stereocenters. The Bertz CT molecular complexity index is 1270. The maximum absolute atomic E-state index is 13.6. The number of hydrogen-bond donors (Lipinski definition) is 1. The number of ether oxygens (including phenoxy) is 2. The van der Waals surface area contributed by atoms with Crippen molar-refractivity contribution in [3.05, 3.63) is 76.2 Å². The fourth-order valence-corrected chi connectivity index (χ4v) is 4.78. The minimum Gasteiger partial charge on any atom is -0.503 e. The average Bonchev–Trinajstić information content (AvgIpc) is 3.55. The summed E-state index contributed by atoms with van der Waals surface area (Å²) < 4.78 is 17.0. The van der Waals surface area contributed by atoms with Crippen LogP contribution in [-0.4, -0.2) is 47.6 Å². The zero-order chi connectivity index (χ0) is 23.8. The summed E-state index contributed by atoms with van der Waals surface area (Å²) in [5.74, 6) is -1.01. The van der Waals surface area contributed by atoms with E-state index in [1.54, 1.807) is 48.5 Å². The van der Waals surface area contributed by atoms with Crippen molar-refractivity contribution < 1.29 is 28.6 Å². The van der Waals surface area contributed by atoms with Crippen LogP contribution in [0.2, 0.25) is 5.02 Å². The van der Waals surface area contributed by atoms with Gasteiger partial charge in [-0.1, -0.05) is 23.7 Å². The van der Waals surface area contributed by atoms with Gasteiger partial charge < -0.3 is 23.9 Å². The van der Waals surface area contributed by atoms with E-state index >= 15 is 0 Å². The number of halogens is 1. The summed E-state index contributed by atoms with van der Waals surface area (Å²) in [5, 5.41) is 12.0. The molecule has 1 saturated heterocycles. The molecule has 0 saturated carbocycles. The van der Waals surface area contributed by atoms with E-state index in [0.29, 0.717) is 40.5 Å². The van der Waals surface area contributed by atoms with Crippen molar-refractivity contribution in [1.82, 2.24) is 4.90 Å². The van der Waals surface area contributed by atoms with Gasteiger partial charge in [-0.2, -0.15) is 0 Å². The molecule has 3 heterocycles. The highest BCUT2D eigenvalue weighted by Crippen LogP contribution is 2.40. The van der Waals surface area contributed by atoms with Gasteiger partial charge in [0.2, 0.25) is 5.78 Å². The number of carbonyl (C=O) groups excluding carboxylic acids is 2. The summed E-state index contributed by atoms with van der Waals surface area (Å²) in [6, 6.07) is 13.0. The second kappa shape index (κ2) is 9.16. The van der Waals surface area contributed by atoms with Crippen LogP contribution in [0.3, 0.4) is 0 Å². The number of ketones is 1. The summed E-state index contributed by atoms with van der Waals surface area (Å²) in [6.07, 6.45) is 1.58. The number of benzene rings is 2. The van der Waals surface area contributed by atoms with Crippen molar-refractivity contribution in [3.8, 4) is 5.75 Å². The van der Waals surface area contributed by atoms with Crippen molar-refractivity contribution >= 4 is 34.3 Å². The Morgan fingerprint density at radius 2 is 2.00 bits per heavy atom. The Labute approximate surface area is 201 Å². The lowest BCUT2D eigenvalue weighted by Crippen LogP contribution is -2.37. The van der Waals surface area contributed by atoms with E-state index in [1.165, 1.54) is 4.90 Å². The quantitative estimate of drug-likeness (QED) is 0.464. The molecule has 0 bridgehead atoms. The van der Waals surface area contributed by atoms with Crippen molar-refractivity contribution in [3.63, 3.8) is 0 Å². The van der Waals surface area contributed by atoms with Gasteiger partial charge in [-0.3, -0.25) is 9.59 Å². The molecule has 34 heavy (non-hydrogen) atoms. The molecule has 3 aromatic rings. The van der Waals surface area contributed by atoms with Gasteiger partial charge in [0.25, 0.3) is 5.91 Å². The average molecular weight is 482 g/mol. The number of nitrogens with zero attached hydrogens (tertiary/aromatic N) is 1. The van der Waals surface area contributed by atoms with E-state index in [-0.39, 0.29) is 24.0 Å². The van der Waals surface area contributed by atoms with Crippen LogP contribution in [0.4, 0.5) is 0 Å². The van der Waals surface area contributed by atoms with Gasteiger partial charge in [0.05, 0.1) is 24.3 Å². The first-order valence-electron chi connectivity index (χ1n) is 11.3. The van der Waals surface area contributed by atoms with Gasteiger partial charge in [-0.05, 0) is 61.7 Å². The summed E-state index contributed by atoms with van der Waals surface area (Å²) >= 11 is 6.07. The Morgan fingerprint density at radius 1 is 1.21 bits per heavy atom. The highest BCUT2D eigenvalue weighted by atomic mass is 35.5. The lowest BCUT2D eigenvalue weighted by Gasteiger charge is -2.28. The van der Waals surface area contributed by atoms with Gasteiger partial charge in [-0.25, -0.2) is 0 Å². The fourth-order valence-electron chi connectivity index (χ4n) is 4.60.